The van der Waals surface area contributed by atoms with Crippen LogP contribution in [-0.2, 0) is 17.6 Å². The molecule has 0 radical (unpaired) electrons. The van der Waals surface area contributed by atoms with E-state index < -0.39 is 0 Å². The van der Waals surface area contributed by atoms with Gasteiger partial charge in [-0.05, 0) is 64.8 Å². The van der Waals surface area contributed by atoms with Crippen molar-refractivity contribution in [3.05, 3.63) is 71.3 Å². The Balaban J connectivity index is 1.79. The van der Waals surface area contributed by atoms with Crippen LogP contribution in [0, 0.1) is 12.8 Å². The van der Waals surface area contributed by atoms with Crippen molar-refractivity contribution in [2.24, 2.45) is 5.92 Å². The summed E-state index contributed by atoms with van der Waals surface area (Å²) in [6, 6.07) is 19.4. The highest BCUT2D eigenvalue weighted by Gasteiger charge is 2.24. The molecule has 126 valence electrons. The van der Waals surface area contributed by atoms with Gasteiger partial charge in [-0.2, -0.15) is 0 Å². The summed E-state index contributed by atoms with van der Waals surface area (Å²) in [5, 5.41) is 11.4. The van der Waals surface area contributed by atoms with Crippen LogP contribution in [0.15, 0.2) is 54.6 Å². The van der Waals surface area contributed by atoms with E-state index in [-0.39, 0.29) is 11.8 Å². The molecule has 1 aliphatic carbocycles. The van der Waals surface area contributed by atoms with E-state index in [4.69, 9.17) is 5.21 Å². The Labute approximate surface area is 147 Å². The molecule has 1 atom stereocenters. The quantitative estimate of drug-likeness (QED) is 0.539. The summed E-state index contributed by atoms with van der Waals surface area (Å²) in [5.41, 5.74) is 8.00. The number of aryl methyl sites for hydroxylation is 2. The van der Waals surface area contributed by atoms with Crippen LogP contribution in [0.3, 0.4) is 0 Å². The fourth-order valence-corrected chi connectivity index (χ4v) is 3.94. The Morgan fingerprint density at radius 1 is 1.04 bits per heavy atom. The second-order valence-electron chi connectivity index (χ2n) is 6.87. The number of amides is 1. The van der Waals surface area contributed by atoms with Gasteiger partial charge < -0.3 is 0 Å². The average Bonchev–Trinajstić information content (AvgIpc) is 2.67. The largest absolute Gasteiger partial charge is 0.289 e. The van der Waals surface area contributed by atoms with Crippen LogP contribution in [0.2, 0.25) is 0 Å². The summed E-state index contributed by atoms with van der Waals surface area (Å²) in [7, 11) is 0. The SMILES string of the molecule is Cc1ccc(-c2ccc3c(c2)CC(C(=O)NO)CC3)c2ccccc12. The first-order valence-corrected chi connectivity index (χ1v) is 8.72. The number of nitrogens with one attached hydrogen (secondary N) is 1. The lowest BCUT2D eigenvalue weighted by Gasteiger charge is -2.23. The second-order valence-corrected chi connectivity index (χ2v) is 6.87. The topological polar surface area (TPSA) is 49.3 Å². The third-order valence-corrected chi connectivity index (χ3v) is 5.37. The first-order chi connectivity index (χ1) is 12.2. The molecule has 3 nitrogen and oxygen atoms in total. The average molecular weight is 331 g/mol. The lowest BCUT2D eigenvalue weighted by atomic mass is 9.82. The summed E-state index contributed by atoms with van der Waals surface area (Å²) in [6.45, 7) is 2.14. The molecule has 0 saturated heterocycles. The molecule has 2 N–H and O–H groups in total. The Morgan fingerprint density at radius 3 is 2.64 bits per heavy atom. The minimum Gasteiger partial charge on any atom is -0.289 e. The van der Waals surface area contributed by atoms with E-state index in [1.165, 1.54) is 38.6 Å². The number of benzene rings is 3. The van der Waals surface area contributed by atoms with Crippen molar-refractivity contribution in [3.8, 4) is 11.1 Å². The monoisotopic (exact) mass is 331 g/mol. The lowest BCUT2D eigenvalue weighted by Crippen LogP contribution is -2.31. The van der Waals surface area contributed by atoms with Gasteiger partial charge in [0.05, 0.1) is 0 Å². The van der Waals surface area contributed by atoms with Gasteiger partial charge in [0.2, 0.25) is 5.91 Å². The van der Waals surface area contributed by atoms with E-state index in [2.05, 4.69) is 61.5 Å². The zero-order valence-electron chi connectivity index (χ0n) is 14.3. The molecular formula is C22H21NO2. The van der Waals surface area contributed by atoms with Gasteiger partial charge in [0.25, 0.3) is 0 Å². The first kappa shape index (κ1) is 15.9. The number of hydroxylamine groups is 1. The fraction of sp³-hybridized carbons (Fsp3) is 0.227. The van der Waals surface area contributed by atoms with Gasteiger partial charge in [-0.25, -0.2) is 5.48 Å². The maximum Gasteiger partial charge on any atom is 0.246 e. The van der Waals surface area contributed by atoms with Crippen molar-refractivity contribution in [3.63, 3.8) is 0 Å². The molecule has 25 heavy (non-hydrogen) atoms. The number of fused-ring (bicyclic) bond motifs is 2. The molecule has 0 heterocycles. The zero-order chi connectivity index (χ0) is 17.4. The minimum absolute atomic E-state index is 0.150. The Morgan fingerprint density at radius 2 is 1.84 bits per heavy atom. The summed E-state index contributed by atoms with van der Waals surface area (Å²) in [5.74, 6) is -0.431. The van der Waals surface area contributed by atoms with E-state index in [1.807, 2.05) is 0 Å². The number of carbonyl (C=O) groups excluding carboxylic acids is 1. The molecular weight excluding hydrogens is 310 g/mol. The van der Waals surface area contributed by atoms with Crippen molar-refractivity contribution in [2.45, 2.75) is 26.2 Å². The minimum atomic E-state index is -0.281. The third kappa shape index (κ3) is 2.81. The van der Waals surface area contributed by atoms with Gasteiger partial charge in [-0.1, -0.05) is 54.6 Å². The van der Waals surface area contributed by atoms with E-state index in [1.54, 1.807) is 5.48 Å². The van der Waals surface area contributed by atoms with E-state index >= 15 is 0 Å². The predicted molar refractivity (Wildman–Crippen MR) is 99.6 cm³/mol. The van der Waals surface area contributed by atoms with Gasteiger partial charge >= 0.3 is 0 Å². The van der Waals surface area contributed by atoms with Crippen LogP contribution in [-0.4, -0.2) is 11.1 Å². The van der Waals surface area contributed by atoms with Gasteiger partial charge in [0.1, 0.15) is 0 Å². The van der Waals surface area contributed by atoms with E-state index in [0.717, 1.165) is 12.8 Å². The Kier molecular flexibility index (Phi) is 4.02. The van der Waals surface area contributed by atoms with Crippen LogP contribution < -0.4 is 5.48 Å². The molecule has 0 spiro atoms. The molecule has 0 aliphatic heterocycles. The maximum absolute atomic E-state index is 11.8. The lowest BCUT2D eigenvalue weighted by molar-refractivity contribution is -0.133. The highest BCUT2D eigenvalue weighted by molar-refractivity contribution is 5.98. The molecule has 3 aromatic rings. The highest BCUT2D eigenvalue weighted by Crippen LogP contribution is 2.34. The van der Waals surface area contributed by atoms with Crippen LogP contribution in [0.1, 0.15) is 23.1 Å². The van der Waals surface area contributed by atoms with Gasteiger partial charge in [0.15, 0.2) is 0 Å². The standard InChI is InChI=1S/C22H21NO2/c1-14-6-11-20(21-5-3-2-4-19(14)21)16-9-7-15-8-10-17(22(24)23-25)13-18(15)12-16/h2-7,9,11-12,17,25H,8,10,13H2,1H3,(H,23,24). The van der Waals surface area contributed by atoms with Crippen LogP contribution in [0.4, 0.5) is 0 Å². The molecule has 0 bridgehead atoms. The molecule has 4 rings (SSSR count). The predicted octanol–water partition coefficient (Wildman–Crippen LogP) is 4.43. The molecule has 0 saturated carbocycles. The van der Waals surface area contributed by atoms with Gasteiger partial charge in [0, 0.05) is 5.92 Å². The van der Waals surface area contributed by atoms with E-state index in [0.29, 0.717) is 6.42 Å². The molecule has 3 aromatic carbocycles. The van der Waals surface area contributed by atoms with Crippen LogP contribution in [0.25, 0.3) is 21.9 Å². The normalized spacial score (nSPS) is 16.5. The summed E-state index contributed by atoms with van der Waals surface area (Å²) >= 11 is 0. The van der Waals surface area contributed by atoms with Crippen molar-refractivity contribution in [1.29, 1.82) is 0 Å². The number of rotatable bonds is 2. The van der Waals surface area contributed by atoms with Crippen molar-refractivity contribution >= 4 is 16.7 Å². The number of hydrogen-bond acceptors (Lipinski definition) is 2. The smallest absolute Gasteiger partial charge is 0.246 e. The van der Waals surface area contributed by atoms with E-state index in [9.17, 15) is 4.79 Å². The summed E-state index contributed by atoms with van der Waals surface area (Å²) in [4.78, 5) is 11.8. The number of carbonyl (C=O) groups is 1. The molecule has 1 aliphatic rings. The molecule has 0 fully saturated rings. The molecule has 1 amide bonds. The van der Waals surface area contributed by atoms with Crippen LogP contribution >= 0.6 is 0 Å². The summed E-state index contributed by atoms with van der Waals surface area (Å²) in [6.07, 6.45) is 2.34. The van der Waals surface area contributed by atoms with Crippen LogP contribution in [0.5, 0.6) is 0 Å². The second kappa shape index (κ2) is 6.34. The van der Waals surface area contributed by atoms with Gasteiger partial charge in [-0.3, -0.25) is 10.0 Å². The molecule has 1 unspecified atom stereocenters. The third-order valence-electron chi connectivity index (χ3n) is 5.37. The van der Waals surface area contributed by atoms with Gasteiger partial charge in [-0.15, -0.1) is 0 Å². The fourth-order valence-electron chi connectivity index (χ4n) is 3.94. The summed E-state index contributed by atoms with van der Waals surface area (Å²) < 4.78 is 0. The molecule has 3 heteroatoms. The number of hydrogen-bond donors (Lipinski definition) is 2. The van der Waals surface area contributed by atoms with Crippen molar-refractivity contribution in [2.75, 3.05) is 0 Å². The van der Waals surface area contributed by atoms with Crippen molar-refractivity contribution < 1.29 is 10.0 Å². The first-order valence-electron chi connectivity index (χ1n) is 8.72. The Hall–Kier alpha value is -2.65. The molecule has 0 aromatic heterocycles. The highest BCUT2D eigenvalue weighted by atomic mass is 16.5. The maximum atomic E-state index is 11.8. The Bertz CT molecular complexity index is 961. The zero-order valence-corrected chi connectivity index (χ0v) is 14.3. The van der Waals surface area contributed by atoms with Crippen molar-refractivity contribution in [1.82, 2.24) is 5.48 Å².